The van der Waals surface area contributed by atoms with Crippen LogP contribution < -0.4 is 0 Å². The lowest BCUT2D eigenvalue weighted by molar-refractivity contribution is -0.152. The molecule has 118 valence electrons. The molecule has 0 radical (unpaired) electrons. The van der Waals surface area contributed by atoms with Gasteiger partial charge >= 0.3 is 14.6 Å². The summed E-state index contributed by atoms with van der Waals surface area (Å²) in [5, 5.41) is 0. The van der Waals surface area contributed by atoms with E-state index < -0.39 is 14.0 Å². The predicted molar refractivity (Wildman–Crippen MR) is 80.0 cm³/mol. The first-order valence-corrected chi connectivity index (χ1v) is 7.99. The first-order chi connectivity index (χ1) is 9.31. The highest BCUT2D eigenvalue weighted by atomic mass is 31.2. The molecular weight excluding hydrogens is 279 g/mol. The van der Waals surface area contributed by atoms with Crippen LogP contribution in [0, 0.1) is 5.41 Å². The van der Waals surface area contributed by atoms with Gasteiger partial charge in [0.1, 0.15) is 11.2 Å². The molecule has 20 heavy (non-hydrogen) atoms. The molecule has 0 atom stereocenters. The first kappa shape index (κ1) is 19.4. The molecule has 6 heteroatoms. The maximum absolute atomic E-state index is 12.1. The predicted octanol–water partition coefficient (Wildman–Crippen LogP) is 4.19. The summed E-state index contributed by atoms with van der Waals surface area (Å²) < 4.78 is 21.8. The lowest BCUT2D eigenvalue weighted by Gasteiger charge is -2.29. The molecule has 0 spiro atoms. The quantitative estimate of drug-likeness (QED) is 0.363. The third kappa shape index (κ3) is 5.78. The molecule has 0 aliphatic carbocycles. The molecule has 0 N–H and O–H groups in total. The Labute approximate surface area is 123 Å². The van der Waals surface area contributed by atoms with Gasteiger partial charge in [-0.25, -0.2) is 0 Å². The Kier molecular flexibility index (Phi) is 9.03. The zero-order valence-electron chi connectivity index (χ0n) is 13.6. The minimum absolute atomic E-state index is 0.320. The molecule has 0 heterocycles. The van der Waals surface area contributed by atoms with Gasteiger partial charge in [-0.15, -0.1) is 0 Å². The molecule has 0 amide bonds. The standard InChI is InChI=1S/C14H27O5P/c1-8-16-13(15)14(6,7)12(11(4)5)19-20(17-9-2)18-10-3/h8-10H2,1-7H3. The first-order valence-electron chi connectivity index (χ1n) is 6.90. The molecule has 0 rings (SSSR count). The Bertz CT molecular complexity index is 328. The Morgan fingerprint density at radius 2 is 1.50 bits per heavy atom. The minimum Gasteiger partial charge on any atom is -0.465 e. The highest BCUT2D eigenvalue weighted by Gasteiger charge is 2.38. The average Bonchev–Trinajstić information content (AvgIpc) is 2.35. The van der Waals surface area contributed by atoms with Crippen LogP contribution in [0.2, 0.25) is 0 Å². The molecule has 5 nitrogen and oxygen atoms in total. The number of rotatable bonds is 9. The molecular formula is C14H27O5P. The van der Waals surface area contributed by atoms with Crippen LogP contribution in [-0.2, 0) is 23.1 Å². The van der Waals surface area contributed by atoms with E-state index in [1.54, 1.807) is 20.8 Å². The number of esters is 1. The van der Waals surface area contributed by atoms with Gasteiger partial charge in [0.05, 0.1) is 19.8 Å². The summed E-state index contributed by atoms with van der Waals surface area (Å²) in [5.41, 5.74) is 0.0267. The zero-order chi connectivity index (χ0) is 15.8. The van der Waals surface area contributed by atoms with Crippen molar-refractivity contribution in [2.75, 3.05) is 19.8 Å². The number of ether oxygens (including phenoxy) is 1. The lowest BCUT2D eigenvalue weighted by Crippen LogP contribution is -2.30. The average molecular weight is 306 g/mol. The van der Waals surface area contributed by atoms with Crippen molar-refractivity contribution in [1.29, 1.82) is 0 Å². The summed E-state index contributed by atoms with van der Waals surface area (Å²) in [7, 11) is -1.50. The summed E-state index contributed by atoms with van der Waals surface area (Å²) in [4.78, 5) is 12.1. The van der Waals surface area contributed by atoms with Crippen molar-refractivity contribution in [1.82, 2.24) is 0 Å². The zero-order valence-corrected chi connectivity index (χ0v) is 14.5. The summed E-state index contributed by atoms with van der Waals surface area (Å²) in [6.07, 6.45) is 0. The molecule has 0 bridgehead atoms. The van der Waals surface area contributed by atoms with Crippen LogP contribution in [0.15, 0.2) is 11.3 Å². The van der Waals surface area contributed by atoms with E-state index in [0.717, 1.165) is 5.57 Å². The van der Waals surface area contributed by atoms with E-state index in [4.69, 9.17) is 18.3 Å². The summed E-state index contributed by atoms with van der Waals surface area (Å²) in [6.45, 7) is 14.2. The van der Waals surface area contributed by atoms with Crippen molar-refractivity contribution in [3.05, 3.63) is 11.3 Å². The van der Waals surface area contributed by atoms with Gasteiger partial charge in [-0.1, -0.05) is 0 Å². The number of carbonyl (C=O) groups excluding carboxylic acids is 1. The lowest BCUT2D eigenvalue weighted by atomic mass is 9.89. The van der Waals surface area contributed by atoms with Gasteiger partial charge in [-0.2, -0.15) is 0 Å². The van der Waals surface area contributed by atoms with E-state index >= 15 is 0 Å². The van der Waals surface area contributed by atoms with Gasteiger partial charge in [0.25, 0.3) is 0 Å². The smallest absolute Gasteiger partial charge is 0.396 e. The second-order valence-electron chi connectivity index (χ2n) is 4.83. The van der Waals surface area contributed by atoms with Crippen LogP contribution in [0.3, 0.4) is 0 Å². The van der Waals surface area contributed by atoms with Gasteiger partial charge < -0.3 is 18.3 Å². The van der Waals surface area contributed by atoms with E-state index in [9.17, 15) is 4.79 Å². The fraction of sp³-hybridized carbons (Fsp3) is 0.786. The molecule has 0 unspecified atom stereocenters. The van der Waals surface area contributed by atoms with E-state index in [0.29, 0.717) is 25.6 Å². The van der Waals surface area contributed by atoms with Crippen LogP contribution >= 0.6 is 8.60 Å². The van der Waals surface area contributed by atoms with Crippen molar-refractivity contribution < 1.29 is 23.1 Å². The Balaban J connectivity index is 5.15. The molecule has 0 aliphatic rings. The van der Waals surface area contributed by atoms with E-state index in [1.807, 2.05) is 27.7 Å². The topological polar surface area (TPSA) is 54.0 Å². The minimum atomic E-state index is -1.50. The fourth-order valence-corrected chi connectivity index (χ4v) is 2.77. The van der Waals surface area contributed by atoms with Gasteiger partial charge in [0.15, 0.2) is 0 Å². The molecule has 0 fully saturated rings. The van der Waals surface area contributed by atoms with Crippen LogP contribution in [-0.4, -0.2) is 25.8 Å². The monoisotopic (exact) mass is 306 g/mol. The van der Waals surface area contributed by atoms with Crippen LogP contribution in [0.5, 0.6) is 0 Å². The number of hydrogen-bond acceptors (Lipinski definition) is 5. The number of allylic oxidation sites excluding steroid dienone is 1. The Hall–Kier alpha value is -0.640. The fourth-order valence-electron chi connectivity index (χ4n) is 1.61. The second kappa shape index (κ2) is 9.32. The molecule has 0 aromatic carbocycles. The third-order valence-electron chi connectivity index (χ3n) is 2.44. The Morgan fingerprint density at radius 3 is 1.85 bits per heavy atom. The van der Waals surface area contributed by atoms with Crippen LogP contribution in [0.1, 0.15) is 48.5 Å². The van der Waals surface area contributed by atoms with Crippen molar-refractivity contribution in [3.63, 3.8) is 0 Å². The van der Waals surface area contributed by atoms with Gasteiger partial charge in [-0.05, 0) is 54.0 Å². The summed E-state index contributed by atoms with van der Waals surface area (Å²) in [6, 6.07) is 0. The van der Waals surface area contributed by atoms with E-state index in [2.05, 4.69) is 0 Å². The summed E-state index contributed by atoms with van der Waals surface area (Å²) in [5.74, 6) is 0.225. The summed E-state index contributed by atoms with van der Waals surface area (Å²) >= 11 is 0. The van der Waals surface area contributed by atoms with E-state index in [1.165, 1.54) is 0 Å². The van der Waals surface area contributed by atoms with Crippen LogP contribution in [0.4, 0.5) is 0 Å². The number of hydrogen-bond donors (Lipinski definition) is 0. The van der Waals surface area contributed by atoms with E-state index in [-0.39, 0.29) is 5.97 Å². The maximum atomic E-state index is 12.1. The highest BCUT2D eigenvalue weighted by Crippen LogP contribution is 2.47. The molecule has 0 aromatic rings. The Morgan fingerprint density at radius 1 is 1.00 bits per heavy atom. The normalized spacial score (nSPS) is 11.4. The highest BCUT2D eigenvalue weighted by molar-refractivity contribution is 7.41. The van der Waals surface area contributed by atoms with Crippen molar-refractivity contribution in [2.24, 2.45) is 5.41 Å². The third-order valence-corrected chi connectivity index (χ3v) is 3.71. The molecule has 0 saturated heterocycles. The van der Waals surface area contributed by atoms with Crippen molar-refractivity contribution >= 4 is 14.6 Å². The second-order valence-corrected chi connectivity index (χ2v) is 5.97. The molecule has 0 aromatic heterocycles. The largest absolute Gasteiger partial charge is 0.465 e. The maximum Gasteiger partial charge on any atom is 0.396 e. The van der Waals surface area contributed by atoms with Crippen LogP contribution in [0.25, 0.3) is 0 Å². The molecule has 0 aliphatic heterocycles. The van der Waals surface area contributed by atoms with Gasteiger partial charge in [0, 0.05) is 0 Å². The van der Waals surface area contributed by atoms with Gasteiger partial charge in [-0.3, -0.25) is 4.79 Å². The van der Waals surface area contributed by atoms with Gasteiger partial charge in [0.2, 0.25) is 0 Å². The van der Waals surface area contributed by atoms with Crippen molar-refractivity contribution in [2.45, 2.75) is 48.5 Å². The SMILES string of the molecule is CCOC(=O)C(C)(C)C(OP(OCC)OCC)=C(C)C. The molecule has 0 saturated carbocycles. The number of carbonyl (C=O) groups is 1. The van der Waals surface area contributed by atoms with Crippen molar-refractivity contribution in [3.8, 4) is 0 Å².